The van der Waals surface area contributed by atoms with Crippen molar-refractivity contribution in [1.82, 2.24) is 0 Å². The number of ether oxygens (including phenoxy) is 2. The van der Waals surface area contributed by atoms with E-state index in [9.17, 15) is 18.0 Å². The number of methoxy groups -OCH3 is 1. The summed E-state index contributed by atoms with van der Waals surface area (Å²) in [5.74, 6) is -0.555. The maximum atomic E-state index is 13.0. The third-order valence-corrected chi connectivity index (χ3v) is 5.46. The molecule has 0 aliphatic carbocycles. The first-order chi connectivity index (χ1) is 14.2. The largest absolute Gasteiger partial charge is 0.497 e. The molecule has 0 fully saturated rings. The molecule has 0 aliphatic rings. The van der Waals surface area contributed by atoms with Gasteiger partial charge in [0.05, 0.1) is 31.2 Å². The molecule has 0 heterocycles. The molecule has 0 radical (unpaired) electrons. The molecule has 0 aromatic heterocycles. The second-order valence-corrected chi connectivity index (χ2v) is 8.33. The topological polar surface area (TPSA) is 102 Å². The van der Waals surface area contributed by atoms with Gasteiger partial charge in [0.2, 0.25) is 15.9 Å². The van der Waals surface area contributed by atoms with Crippen molar-refractivity contribution in [2.45, 2.75) is 26.3 Å². The van der Waals surface area contributed by atoms with Crippen LogP contribution in [0.15, 0.2) is 48.5 Å². The quantitative estimate of drug-likeness (QED) is 0.609. The van der Waals surface area contributed by atoms with E-state index in [2.05, 4.69) is 5.32 Å². The second-order valence-electron chi connectivity index (χ2n) is 6.47. The summed E-state index contributed by atoms with van der Waals surface area (Å²) in [6.07, 6.45) is 1.28. The van der Waals surface area contributed by atoms with Gasteiger partial charge < -0.3 is 14.8 Å². The van der Waals surface area contributed by atoms with Crippen molar-refractivity contribution in [3.63, 3.8) is 0 Å². The summed E-state index contributed by atoms with van der Waals surface area (Å²) in [5, 5.41) is 2.70. The summed E-state index contributed by atoms with van der Waals surface area (Å²) in [7, 11) is -2.30. The summed E-state index contributed by atoms with van der Waals surface area (Å²) in [5.41, 5.74) is 0.970. The van der Waals surface area contributed by atoms with Crippen LogP contribution in [-0.2, 0) is 19.6 Å². The van der Waals surface area contributed by atoms with Crippen molar-refractivity contribution in [3.05, 3.63) is 54.1 Å². The van der Waals surface area contributed by atoms with Crippen LogP contribution in [0.4, 0.5) is 11.4 Å². The van der Waals surface area contributed by atoms with E-state index >= 15 is 0 Å². The van der Waals surface area contributed by atoms with Crippen LogP contribution in [-0.4, -0.2) is 46.3 Å². The van der Waals surface area contributed by atoms with E-state index < -0.39 is 27.9 Å². The molecule has 1 atom stereocenters. The van der Waals surface area contributed by atoms with Crippen molar-refractivity contribution in [2.24, 2.45) is 0 Å². The first kappa shape index (κ1) is 23.2. The van der Waals surface area contributed by atoms with Crippen LogP contribution < -0.4 is 14.4 Å². The van der Waals surface area contributed by atoms with Gasteiger partial charge in [0.15, 0.2) is 0 Å². The molecule has 30 heavy (non-hydrogen) atoms. The number of hydrogen-bond donors (Lipinski definition) is 1. The highest BCUT2D eigenvalue weighted by Gasteiger charge is 2.31. The van der Waals surface area contributed by atoms with E-state index in [4.69, 9.17) is 9.47 Å². The van der Waals surface area contributed by atoms with E-state index in [1.54, 1.807) is 56.3 Å². The molecule has 0 saturated heterocycles. The molecule has 0 spiro atoms. The summed E-state index contributed by atoms with van der Waals surface area (Å²) in [4.78, 5) is 24.9. The molecular formula is C21H26N2O6S. The number of carbonyl (C=O) groups excluding carboxylic acids is 2. The average Bonchev–Trinajstić information content (AvgIpc) is 2.71. The van der Waals surface area contributed by atoms with Gasteiger partial charge >= 0.3 is 5.97 Å². The minimum Gasteiger partial charge on any atom is -0.497 e. The normalized spacial score (nSPS) is 12.0. The maximum Gasteiger partial charge on any atom is 0.338 e. The lowest BCUT2D eigenvalue weighted by Gasteiger charge is -2.30. The number of hydrogen-bond acceptors (Lipinski definition) is 6. The lowest BCUT2D eigenvalue weighted by atomic mass is 10.1. The molecule has 2 rings (SSSR count). The standard InChI is InChI=1S/C21H26N2O6S/c1-5-19(23(30(4,26)27)17-11-8-12-18(14-17)28-3)20(24)22-16-10-7-9-15(13-16)21(25)29-6-2/h7-14,19H,5-6H2,1-4H3,(H,22,24)/t19-/m0/s1. The van der Waals surface area contributed by atoms with Gasteiger partial charge in [-0.25, -0.2) is 13.2 Å². The minimum absolute atomic E-state index is 0.230. The lowest BCUT2D eigenvalue weighted by Crippen LogP contribution is -2.47. The number of rotatable bonds is 9. The van der Waals surface area contributed by atoms with Gasteiger partial charge in [-0.1, -0.05) is 19.1 Å². The van der Waals surface area contributed by atoms with Crippen molar-refractivity contribution in [1.29, 1.82) is 0 Å². The monoisotopic (exact) mass is 434 g/mol. The minimum atomic E-state index is -3.78. The Morgan fingerprint density at radius 3 is 2.40 bits per heavy atom. The van der Waals surface area contributed by atoms with E-state index in [0.29, 0.717) is 17.1 Å². The van der Waals surface area contributed by atoms with Gasteiger partial charge in [0.1, 0.15) is 11.8 Å². The summed E-state index contributed by atoms with van der Waals surface area (Å²) >= 11 is 0. The molecule has 9 heteroatoms. The highest BCUT2D eigenvalue weighted by atomic mass is 32.2. The zero-order chi connectivity index (χ0) is 22.3. The molecule has 0 aliphatic heterocycles. The number of nitrogens with one attached hydrogen (secondary N) is 1. The van der Waals surface area contributed by atoms with Crippen LogP contribution in [0.3, 0.4) is 0 Å². The Morgan fingerprint density at radius 1 is 1.10 bits per heavy atom. The number of anilines is 2. The molecule has 0 saturated carbocycles. The summed E-state index contributed by atoms with van der Waals surface area (Å²) in [6.45, 7) is 3.66. The van der Waals surface area contributed by atoms with Crippen LogP contribution in [0.25, 0.3) is 0 Å². The number of sulfonamides is 1. The zero-order valence-electron chi connectivity index (χ0n) is 17.4. The first-order valence-electron chi connectivity index (χ1n) is 9.42. The predicted octanol–water partition coefficient (Wildman–Crippen LogP) is 3.06. The Morgan fingerprint density at radius 2 is 1.80 bits per heavy atom. The highest BCUT2D eigenvalue weighted by molar-refractivity contribution is 7.92. The molecule has 2 aromatic carbocycles. The van der Waals surface area contributed by atoms with Crippen LogP contribution in [0.1, 0.15) is 30.6 Å². The number of carbonyl (C=O) groups is 2. The third kappa shape index (κ3) is 5.73. The van der Waals surface area contributed by atoms with Gasteiger partial charge in [-0.05, 0) is 43.7 Å². The molecule has 1 amide bonds. The lowest BCUT2D eigenvalue weighted by molar-refractivity contribution is -0.117. The second kappa shape index (κ2) is 10.1. The highest BCUT2D eigenvalue weighted by Crippen LogP contribution is 2.27. The number of esters is 1. The van der Waals surface area contributed by atoms with E-state index in [0.717, 1.165) is 10.6 Å². The van der Waals surface area contributed by atoms with Gasteiger partial charge in [0.25, 0.3) is 0 Å². The van der Waals surface area contributed by atoms with Crippen molar-refractivity contribution < 1.29 is 27.5 Å². The number of nitrogens with zero attached hydrogens (tertiary/aromatic N) is 1. The van der Waals surface area contributed by atoms with Crippen LogP contribution in [0, 0.1) is 0 Å². The molecule has 0 unspecified atom stereocenters. The first-order valence-corrected chi connectivity index (χ1v) is 11.3. The van der Waals surface area contributed by atoms with Crippen molar-refractivity contribution in [3.8, 4) is 5.75 Å². The van der Waals surface area contributed by atoms with Gasteiger partial charge in [-0.15, -0.1) is 0 Å². The Labute approximate surface area is 176 Å². The van der Waals surface area contributed by atoms with E-state index in [1.165, 1.54) is 13.2 Å². The Balaban J connectivity index is 2.35. The van der Waals surface area contributed by atoms with Crippen molar-refractivity contribution in [2.75, 3.05) is 29.6 Å². The molecular weight excluding hydrogens is 408 g/mol. The summed E-state index contributed by atoms with van der Waals surface area (Å²) < 4.78 is 36.3. The zero-order valence-corrected chi connectivity index (χ0v) is 18.2. The molecule has 1 N–H and O–H groups in total. The predicted molar refractivity (Wildman–Crippen MR) is 115 cm³/mol. The maximum absolute atomic E-state index is 13.0. The van der Waals surface area contributed by atoms with Gasteiger partial charge in [-0.3, -0.25) is 9.10 Å². The number of benzene rings is 2. The van der Waals surface area contributed by atoms with Gasteiger partial charge in [-0.2, -0.15) is 0 Å². The van der Waals surface area contributed by atoms with Crippen LogP contribution >= 0.6 is 0 Å². The fourth-order valence-electron chi connectivity index (χ4n) is 2.97. The molecule has 0 bridgehead atoms. The van der Waals surface area contributed by atoms with E-state index in [-0.39, 0.29) is 18.6 Å². The van der Waals surface area contributed by atoms with Crippen LogP contribution in [0.5, 0.6) is 5.75 Å². The average molecular weight is 435 g/mol. The number of amides is 1. The Bertz CT molecular complexity index is 1010. The molecule has 2 aromatic rings. The molecule has 162 valence electrons. The summed E-state index contributed by atoms with van der Waals surface area (Å²) in [6, 6.07) is 11.8. The van der Waals surface area contributed by atoms with E-state index in [1.807, 2.05) is 0 Å². The Kier molecular flexibility index (Phi) is 7.82. The van der Waals surface area contributed by atoms with Gasteiger partial charge in [0, 0.05) is 11.8 Å². The Hall–Kier alpha value is -3.07. The SMILES string of the molecule is CCOC(=O)c1cccc(NC(=O)[C@H](CC)N(c2cccc(OC)c2)S(C)(=O)=O)c1. The van der Waals surface area contributed by atoms with Crippen molar-refractivity contribution >= 4 is 33.3 Å². The fourth-order valence-corrected chi connectivity index (χ4v) is 4.18. The van der Waals surface area contributed by atoms with Crippen LogP contribution in [0.2, 0.25) is 0 Å². The smallest absolute Gasteiger partial charge is 0.338 e. The molecule has 8 nitrogen and oxygen atoms in total. The fraction of sp³-hybridized carbons (Fsp3) is 0.333. The third-order valence-electron chi connectivity index (χ3n) is 4.28.